The number of halogens is 1. The molecule has 1 aromatic heterocycles. The first kappa shape index (κ1) is 22.3. The number of fused-ring (bicyclic) bond motifs is 1. The zero-order chi connectivity index (χ0) is 23.4. The summed E-state index contributed by atoms with van der Waals surface area (Å²) in [5.74, 6) is -0.518. The van der Waals surface area contributed by atoms with Gasteiger partial charge < -0.3 is 4.98 Å². The van der Waals surface area contributed by atoms with Crippen molar-refractivity contribution in [3.8, 4) is 0 Å². The molecule has 4 aromatic rings. The zero-order valence-corrected chi connectivity index (χ0v) is 18.5. The lowest BCUT2D eigenvalue weighted by molar-refractivity contribution is 0.0955. The minimum absolute atomic E-state index is 0.0618. The summed E-state index contributed by atoms with van der Waals surface area (Å²) in [6.45, 7) is 0. The van der Waals surface area contributed by atoms with Crippen LogP contribution in [0.3, 0.4) is 0 Å². The molecule has 0 bridgehead atoms. The third kappa shape index (κ3) is 5.28. The van der Waals surface area contributed by atoms with Crippen molar-refractivity contribution < 1.29 is 13.2 Å². The average molecular weight is 481 g/mol. The van der Waals surface area contributed by atoms with E-state index in [0.717, 1.165) is 5.39 Å². The number of pyridine rings is 1. The van der Waals surface area contributed by atoms with Crippen molar-refractivity contribution in [2.75, 3.05) is 4.72 Å². The number of amides is 1. The zero-order valence-electron chi connectivity index (χ0n) is 16.9. The third-order valence-corrected chi connectivity index (χ3v) is 6.32. The van der Waals surface area contributed by atoms with Gasteiger partial charge in [-0.25, -0.2) is 13.8 Å². The van der Waals surface area contributed by atoms with E-state index in [1.165, 1.54) is 54.7 Å². The SMILES string of the molecule is O=C(N/N=C\c1cc2ccccc2[nH]c1=O)c1ccc(NS(=O)(=O)c2ccc(Cl)cc2)cc1. The average Bonchev–Trinajstić information content (AvgIpc) is 2.80. The molecule has 0 aliphatic rings. The molecule has 3 aromatic carbocycles. The maximum absolute atomic E-state index is 12.4. The summed E-state index contributed by atoms with van der Waals surface area (Å²) in [6.07, 6.45) is 1.26. The fourth-order valence-electron chi connectivity index (χ4n) is 3.00. The van der Waals surface area contributed by atoms with Crippen molar-refractivity contribution in [1.29, 1.82) is 0 Å². The molecule has 3 N–H and O–H groups in total. The quantitative estimate of drug-likeness (QED) is 0.287. The Morgan fingerprint density at radius 1 is 0.970 bits per heavy atom. The number of hydrogen-bond acceptors (Lipinski definition) is 5. The van der Waals surface area contributed by atoms with Gasteiger partial charge in [0.1, 0.15) is 0 Å². The van der Waals surface area contributed by atoms with Gasteiger partial charge in [0.2, 0.25) is 0 Å². The van der Waals surface area contributed by atoms with Gasteiger partial charge in [-0.1, -0.05) is 29.8 Å². The number of para-hydroxylation sites is 1. The van der Waals surface area contributed by atoms with Gasteiger partial charge in [0.15, 0.2) is 0 Å². The molecule has 10 heteroatoms. The van der Waals surface area contributed by atoms with E-state index in [1.807, 2.05) is 18.2 Å². The monoisotopic (exact) mass is 480 g/mol. The van der Waals surface area contributed by atoms with Crippen molar-refractivity contribution in [1.82, 2.24) is 10.4 Å². The maximum atomic E-state index is 12.4. The summed E-state index contributed by atoms with van der Waals surface area (Å²) in [5.41, 5.74) is 3.56. The fourth-order valence-corrected chi connectivity index (χ4v) is 4.19. The van der Waals surface area contributed by atoms with Crippen LogP contribution in [0.1, 0.15) is 15.9 Å². The van der Waals surface area contributed by atoms with Gasteiger partial charge in [0, 0.05) is 21.8 Å². The van der Waals surface area contributed by atoms with Gasteiger partial charge in [-0.3, -0.25) is 14.3 Å². The Morgan fingerprint density at radius 3 is 2.39 bits per heavy atom. The van der Waals surface area contributed by atoms with E-state index in [9.17, 15) is 18.0 Å². The molecule has 33 heavy (non-hydrogen) atoms. The van der Waals surface area contributed by atoms with Gasteiger partial charge >= 0.3 is 0 Å². The van der Waals surface area contributed by atoms with Crippen molar-refractivity contribution in [2.45, 2.75) is 4.90 Å². The second-order valence-corrected chi connectivity index (χ2v) is 9.10. The van der Waals surface area contributed by atoms with E-state index < -0.39 is 15.9 Å². The highest BCUT2D eigenvalue weighted by atomic mass is 35.5. The summed E-state index contributed by atoms with van der Waals surface area (Å²) < 4.78 is 27.3. The van der Waals surface area contributed by atoms with Crippen LogP contribution < -0.4 is 15.7 Å². The highest BCUT2D eigenvalue weighted by Gasteiger charge is 2.14. The number of H-pyrrole nitrogens is 1. The molecular formula is C23H17ClN4O4S. The minimum Gasteiger partial charge on any atom is -0.321 e. The second kappa shape index (κ2) is 9.27. The Hall–Kier alpha value is -3.95. The number of aromatic amines is 1. The Balaban J connectivity index is 1.42. The van der Waals surface area contributed by atoms with Gasteiger partial charge in [-0.05, 0) is 66.0 Å². The van der Waals surface area contributed by atoms with Crippen LogP contribution in [-0.2, 0) is 10.0 Å². The first-order valence-corrected chi connectivity index (χ1v) is 11.5. The Morgan fingerprint density at radius 2 is 1.67 bits per heavy atom. The Bertz CT molecular complexity index is 1510. The Labute approximate surface area is 194 Å². The smallest absolute Gasteiger partial charge is 0.271 e. The van der Waals surface area contributed by atoms with Crippen LogP contribution in [0.15, 0.2) is 93.7 Å². The number of aromatic nitrogens is 1. The molecule has 8 nitrogen and oxygen atoms in total. The molecule has 1 heterocycles. The number of nitrogens with zero attached hydrogens (tertiary/aromatic N) is 1. The summed E-state index contributed by atoms with van der Waals surface area (Å²) in [6, 6.07) is 20.6. The molecule has 0 aliphatic carbocycles. The van der Waals surface area contributed by atoms with Gasteiger partial charge in [-0.15, -0.1) is 0 Å². The number of carbonyl (C=O) groups is 1. The third-order valence-electron chi connectivity index (χ3n) is 4.68. The molecule has 0 saturated carbocycles. The van der Waals surface area contributed by atoms with Crippen molar-refractivity contribution in [3.05, 3.63) is 105 Å². The first-order valence-electron chi connectivity index (χ1n) is 9.66. The molecular weight excluding hydrogens is 464 g/mol. The van der Waals surface area contributed by atoms with Crippen molar-refractivity contribution in [3.63, 3.8) is 0 Å². The van der Waals surface area contributed by atoms with E-state index >= 15 is 0 Å². The van der Waals surface area contributed by atoms with E-state index in [-0.39, 0.29) is 21.7 Å². The molecule has 166 valence electrons. The summed E-state index contributed by atoms with van der Waals surface area (Å²) in [5, 5.41) is 5.11. The maximum Gasteiger partial charge on any atom is 0.271 e. The van der Waals surface area contributed by atoms with Gasteiger partial charge in [0.05, 0.1) is 16.7 Å². The second-order valence-electron chi connectivity index (χ2n) is 6.98. The number of anilines is 1. The van der Waals surface area contributed by atoms with E-state index in [0.29, 0.717) is 16.1 Å². The van der Waals surface area contributed by atoms with Crippen LogP contribution in [0, 0.1) is 0 Å². The van der Waals surface area contributed by atoms with Crippen LogP contribution in [0.25, 0.3) is 10.9 Å². The van der Waals surface area contributed by atoms with Crippen LogP contribution in [0.5, 0.6) is 0 Å². The largest absolute Gasteiger partial charge is 0.321 e. The van der Waals surface area contributed by atoms with Gasteiger partial charge in [0.25, 0.3) is 21.5 Å². The lowest BCUT2D eigenvalue weighted by Crippen LogP contribution is -2.19. The first-order chi connectivity index (χ1) is 15.8. The van der Waals surface area contributed by atoms with Crippen LogP contribution in [0.2, 0.25) is 5.02 Å². The van der Waals surface area contributed by atoms with Gasteiger partial charge in [-0.2, -0.15) is 5.10 Å². The van der Waals surface area contributed by atoms with E-state index in [4.69, 9.17) is 11.6 Å². The number of sulfonamides is 1. The molecule has 0 atom stereocenters. The minimum atomic E-state index is -3.79. The standard InChI is InChI=1S/C23H17ClN4O4S/c24-18-7-11-20(12-8-18)33(31,32)28-19-9-5-15(6-10-19)23(30)27-25-14-17-13-16-3-1-2-4-21(16)26-22(17)29/h1-14,28H,(H,26,29)(H,27,30)/b25-14-. The molecule has 1 amide bonds. The van der Waals surface area contributed by atoms with E-state index in [1.54, 1.807) is 12.1 Å². The molecule has 0 unspecified atom stereocenters. The Kier molecular flexibility index (Phi) is 6.25. The predicted molar refractivity (Wildman–Crippen MR) is 128 cm³/mol. The molecule has 4 rings (SSSR count). The van der Waals surface area contributed by atoms with Crippen LogP contribution >= 0.6 is 11.6 Å². The van der Waals surface area contributed by atoms with Crippen LogP contribution in [-0.4, -0.2) is 25.5 Å². The number of rotatable bonds is 6. The summed E-state index contributed by atoms with van der Waals surface area (Å²) >= 11 is 5.79. The highest BCUT2D eigenvalue weighted by Crippen LogP contribution is 2.18. The number of carbonyl (C=O) groups excluding carboxylic acids is 1. The molecule has 0 aliphatic heterocycles. The summed E-state index contributed by atoms with van der Waals surface area (Å²) in [7, 11) is -3.79. The van der Waals surface area contributed by atoms with Crippen LogP contribution in [0.4, 0.5) is 5.69 Å². The number of hydrazone groups is 1. The molecule has 0 saturated heterocycles. The summed E-state index contributed by atoms with van der Waals surface area (Å²) in [4.78, 5) is 27.3. The topological polar surface area (TPSA) is 120 Å². The number of benzene rings is 3. The molecule has 0 fully saturated rings. The predicted octanol–water partition coefficient (Wildman–Crippen LogP) is 3.75. The number of nitrogens with one attached hydrogen (secondary N) is 3. The molecule has 0 radical (unpaired) electrons. The van der Waals surface area contributed by atoms with Crippen molar-refractivity contribution >= 4 is 50.3 Å². The fraction of sp³-hybridized carbons (Fsp3) is 0. The highest BCUT2D eigenvalue weighted by molar-refractivity contribution is 7.92. The molecule has 0 spiro atoms. The van der Waals surface area contributed by atoms with E-state index in [2.05, 4.69) is 20.2 Å². The van der Waals surface area contributed by atoms with Crippen molar-refractivity contribution in [2.24, 2.45) is 5.10 Å². The normalized spacial score (nSPS) is 11.5. The number of hydrogen-bond donors (Lipinski definition) is 3. The lowest BCUT2D eigenvalue weighted by Gasteiger charge is -2.08. The lowest BCUT2D eigenvalue weighted by atomic mass is 10.2.